The van der Waals surface area contributed by atoms with E-state index >= 15 is 0 Å². The maximum absolute atomic E-state index is 13.4. The van der Waals surface area contributed by atoms with Gasteiger partial charge >= 0.3 is 6.61 Å². The summed E-state index contributed by atoms with van der Waals surface area (Å²) in [6.45, 7) is -2.79. The number of rotatable bonds is 5. The highest BCUT2D eigenvalue weighted by molar-refractivity contribution is 6.36. The van der Waals surface area contributed by atoms with Crippen molar-refractivity contribution in [3.05, 3.63) is 63.4 Å². The van der Waals surface area contributed by atoms with Gasteiger partial charge in [-0.2, -0.15) is 8.78 Å². The van der Waals surface area contributed by atoms with Crippen molar-refractivity contribution in [2.24, 2.45) is 0 Å². The summed E-state index contributed by atoms with van der Waals surface area (Å²) in [5.74, 6) is -1.33. The molecule has 2 aromatic carbocycles. The molecule has 0 heterocycles. The van der Waals surface area contributed by atoms with Crippen molar-refractivity contribution in [1.82, 2.24) is 5.32 Å². The molecule has 2 rings (SSSR count). The summed E-state index contributed by atoms with van der Waals surface area (Å²) in [5.41, 5.74) is 0.594. The molecule has 3 nitrogen and oxygen atoms in total. The number of alkyl halides is 2. The van der Waals surface area contributed by atoms with Gasteiger partial charge in [0.05, 0.1) is 15.6 Å². The molecule has 0 aromatic heterocycles. The third kappa shape index (κ3) is 4.77. The van der Waals surface area contributed by atoms with Gasteiger partial charge in [-0.1, -0.05) is 35.3 Å². The summed E-state index contributed by atoms with van der Waals surface area (Å²) in [7, 11) is 0. The first-order valence-corrected chi connectivity index (χ1v) is 7.09. The molecule has 8 heteroatoms. The quantitative estimate of drug-likeness (QED) is 0.784. The van der Waals surface area contributed by atoms with Crippen LogP contribution in [0.3, 0.4) is 0 Å². The van der Waals surface area contributed by atoms with E-state index in [0.29, 0.717) is 5.56 Å². The summed E-state index contributed by atoms with van der Waals surface area (Å²) in [6, 6.07) is 7.82. The first-order valence-electron chi connectivity index (χ1n) is 6.33. The lowest BCUT2D eigenvalue weighted by Crippen LogP contribution is -2.23. The van der Waals surface area contributed by atoms with E-state index in [2.05, 4.69) is 10.1 Å². The Morgan fingerprint density at radius 2 is 1.78 bits per heavy atom. The predicted molar refractivity (Wildman–Crippen MR) is 80.7 cm³/mol. The fraction of sp³-hybridized carbons (Fsp3) is 0.133. The topological polar surface area (TPSA) is 38.3 Å². The molecule has 1 N–H and O–H groups in total. The Balaban J connectivity index is 2.00. The molecule has 23 heavy (non-hydrogen) atoms. The van der Waals surface area contributed by atoms with E-state index < -0.39 is 18.3 Å². The lowest BCUT2D eigenvalue weighted by Gasteiger charge is -2.09. The zero-order valence-corrected chi connectivity index (χ0v) is 13.0. The van der Waals surface area contributed by atoms with Crippen molar-refractivity contribution in [2.75, 3.05) is 0 Å². The average molecular weight is 364 g/mol. The third-order valence-corrected chi connectivity index (χ3v) is 3.46. The van der Waals surface area contributed by atoms with Crippen LogP contribution in [0.1, 0.15) is 15.9 Å². The molecule has 0 saturated carbocycles. The van der Waals surface area contributed by atoms with Gasteiger partial charge in [0.1, 0.15) is 11.6 Å². The van der Waals surface area contributed by atoms with Crippen LogP contribution in [0.5, 0.6) is 5.75 Å². The Hall–Kier alpha value is -1.92. The highest BCUT2D eigenvalue weighted by Crippen LogP contribution is 2.24. The lowest BCUT2D eigenvalue weighted by molar-refractivity contribution is -0.0498. The summed E-state index contributed by atoms with van der Waals surface area (Å²) in [5, 5.41) is 2.38. The van der Waals surface area contributed by atoms with E-state index in [1.807, 2.05) is 0 Å². The van der Waals surface area contributed by atoms with Crippen molar-refractivity contribution in [2.45, 2.75) is 13.2 Å². The largest absolute Gasteiger partial charge is 0.435 e. The van der Waals surface area contributed by atoms with E-state index in [1.54, 1.807) is 0 Å². The Morgan fingerprint density at radius 3 is 2.39 bits per heavy atom. The van der Waals surface area contributed by atoms with Crippen LogP contribution >= 0.6 is 23.2 Å². The van der Waals surface area contributed by atoms with Gasteiger partial charge in [0, 0.05) is 6.54 Å². The maximum atomic E-state index is 13.4. The smallest absolute Gasteiger partial charge is 0.387 e. The molecule has 0 aliphatic carbocycles. The monoisotopic (exact) mass is 363 g/mol. The zero-order valence-electron chi connectivity index (χ0n) is 11.5. The number of halogens is 5. The van der Waals surface area contributed by atoms with E-state index in [-0.39, 0.29) is 27.9 Å². The molecule has 0 fully saturated rings. The van der Waals surface area contributed by atoms with Crippen LogP contribution in [-0.4, -0.2) is 12.5 Å². The summed E-state index contributed by atoms with van der Waals surface area (Å²) in [6.07, 6.45) is 0. The van der Waals surface area contributed by atoms with Gasteiger partial charge < -0.3 is 10.1 Å². The summed E-state index contributed by atoms with van der Waals surface area (Å²) in [4.78, 5) is 12.0. The highest BCUT2D eigenvalue weighted by atomic mass is 35.5. The lowest BCUT2D eigenvalue weighted by atomic mass is 10.2. The van der Waals surface area contributed by atoms with Crippen LogP contribution in [0.4, 0.5) is 13.2 Å². The number of hydrogen-bond donors (Lipinski definition) is 1. The number of benzene rings is 2. The van der Waals surface area contributed by atoms with E-state index in [4.69, 9.17) is 23.2 Å². The molecule has 0 aliphatic rings. The van der Waals surface area contributed by atoms with E-state index in [1.165, 1.54) is 24.3 Å². The van der Waals surface area contributed by atoms with Crippen LogP contribution in [0.25, 0.3) is 0 Å². The fourth-order valence-corrected chi connectivity index (χ4v) is 2.23. The molecule has 0 unspecified atom stereocenters. The maximum Gasteiger partial charge on any atom is 0.387 e. The van der Waals surface area contributed by atoms with Crippen molar-refractivity contribution in [1.29, 1.82) is 0 Å². The third-order valence-electron chi connectivity index (χ3n) is 2.86. The number of amides is 1. The van der Waals surface area contributed by atoms with Gasteiger partial charge in [-0.3, -0.25) is 4.79 Å². The minimum atomic E-state index is -2.90. The molecule has 0 atom stereocenters. The summed E-state index contributed by atoms with van der Waals surface area (Å²) >= 11 is 11.4. The van der Waals surface area contributed by atoms with E-state index in [0.717, 1.165) is 12.1 Å². The molecule has 2 aromatic rings. The zero-order chi connectivity index (χ0) is 17.0. The SMILES string of the molecule is O=C(NCc1ccc(OC(F)F)cc1)c1cc(F)c(Cl)cc1Cl. The van der Waals surface area contributed by atoms with Crippen molar-refractivity contribution >= 4 is 29.1 Å². The number of nitrogens with one attached hydrogen (secondary N) is 1. The fourth-order valence-electron chi connectivity index (χ4n) is 1.76. The molecule has 122 valence electrons. The van der Waals surface area contributed by atoms with Gasteiger partial charge in [0.2, 0.25) is 0 Å². The van der Waals surface area contributed by atoms with Crippen LogP contribution in [0, 0.1) is 5.82 Å². The molecular weight excluding hydrogens is 354 g/mol. The standard InChI is InChI=1S/C15H10Cl2F3NO2/c16-11-6-12(17)13(18)5-10(11)14(22)21-7-8-1-3-9(4-2-8)23-15(19)20/h1-6,15H,7H2,(H,21,22). The van der Waals surface area contributed by atoms with Crippen molar-refractivity contribution in [3.8, 4) is 5.75 Å². The van der Waals surface area contributed by atoms with Crippen LogP contribution in [0.15, 0.2) is 36.4 Å². The minimum absolute atomic E-state index is 0.0119. The number of carbonyl (C=O) groups excluding carboxylic acids is 1. The first-order chi connectivity index (χ1) is 10.9. The highest BCUT2D eigenvalue weighted by Gasteiger charge is 2.14. The van der Waals surface area contributed by atoms with E-state index in [9.17, 15) is 18.0 Å². The van der Waals surface area contributed by atoms with Crippen LogP contribution in [-0.2, 0) is 6.54 Å². The normalized spacial score (nSPS) is 10.7. The number of carbonyl (C=O) groups is 1. The van der Waals surface area contributed by atoms with Crippen molar-refractivity contribution < 1.29 is 22.7 Å². The summed E-state index contributed by atoms with van der Waals surface area (Å²) < 4.78 is 41.7. The van der Waals surface area contributed by atoms with Gasteiger partial charge in [-0.15, -0.1) is 0 Å². The predicted octanol–water partition coefficient (Wildman–Crippen LogP) is 4.66. The van der Waals surface area contributed by atoms with Crippen molar-refractivity contribution in [3.63, 3.8) is 0 Å². The molecule has 0 saturated heterocycles. The molecular formula is C15H10Cl2F3NO2. The molecule has 0 aliphatic heterocycles. The Labute approximate surface area is 140 Å². The second kappa shape index (κ2) is 7.57. The Kier molecular flexibility index (Phi) is 5.74. The molecule has 0 spiro atoms. The second-order valence-electron chi connectivity index (χ2n) is 4.45. The van der Waals surface area contributed by atoms with Gasteiger partial charge in [0.25, 0.3) is 5.91 Å². The number of hydrogen-bond acceptors (Lipinski definition) is 2. The van der Waals surface area contributed by atoms with Crippen LogP contribution in [0.2, 0.25) is 10.0 Å². The Morgan fingerprint density at radius 1 is 1.13 bits per heavy atom. The second-order valence-corrected chi connectivity index (χ2v) is 5.27. The van der Waals surface area contributed by atoms with Gasteiger partial charge in [0.15, 0.2) is 0 Å². The molecule has 0 radical (unpaired) electrons. The van der Waals surface area contributed by atoms with Gasteiger partial charge in [-0.05, 0) is 29.8 Å². The number of ether oxygens (including phenoxy) is 1. The molecule has 0 bridgehead atoms. The molecule has 1 amide bonds. The average Bonchev–Trinajstić information content (AvgIpc) is 2.49. The Bertz CT molecular complexity index is 709. The first kappa shape index (κ1) is 17.4. The minimum Gasteiger partial charge on any atom is -0.435 e. The van der Waals surface area contributed by atoms with Crippen LogP contribution < -0.4 is 10.1 Å². The van der Waals surface area contributed by atoms with Gasteiger partial charge in [-0.25, -0.2) is 4.39 Å².